The van der Waals surface area contributed by atoms with Crippen molar-refractivity contribution >= 4 is 22.9 Å². The smallest absolute Gasteiger partial charge is 0.224 e. The summed E-state index contributed by atoms with van der Waals surface area (Å²) in [4.78, 5) is 7.68. The third kappa shape index (κ3) is 1.76. The molecule has 1 fully saturated rings. The maximum atomic E-state index is 9.95. The number of rotatable bonds is 2. The number of aliphatic hydroxyl groups is 3. The lowest BCUT2D eigenvalue weighted by Crippen LogP contribution is -2.33. The molecule has 7 N–H and O–H groups in total. The molecule has 1 aliphatic rings. The second kappa shape index (κ2) is 4.49. The quantitative estimate of drug-likeness (QED) is 0.381. The summed E-state index contributed by atoms with van der Waals surface area (Å²) in [6, 6.07) is 0. The molecular formula is C9H13N7O4. The van der Waals surface area contributed by atoms with Crippen molar-refractivity contribution in [3.63, 3.8) is 0 Å². The molecule has 0 amide bonds. The molecule has 0 spiro atoms. The highest BCUT2D eigenvalue weighted by Crippen LogP contribution is 2.31. The number of nitrogens with two attached hydrogens (primary N) is 2. The van der Waals surface area contributed by atoms with E-state index in [1.807, 2.05) is 0 Å². The zero-order valence-corrected chi connectivity index (χ0v) is 10.2. The van der Waals surface area contributed by atoms with E-state index in [0.29, 0.717) is 0 Å². The molecule has 4 atom stereocenters. The van der Waals surface area contributed by atoms with Crippen molar-refractivity contribution < 1.29 is 20.1 Å². The van der Waals surface area contributed by atoms with Crippen LogP contribution in [0.4, 0.5) is 11.8 Å². The van der Waals surface area contributed by atoms with Gasteiger partial charge in [0.2, 0.25) is 5.95 Å². The van der Waals surface area contributed by atoms with Gasteiger partial charge in [-0.05, 0) is 0 Å². The number of ether oxygens (including phenoxy) is 1. The van der Waals surface area contributed by atoms with Crippen molar-refractivity contribution in [2.24, 2.45) is 0 Å². The maximum absolute atomic E-state index is 9.95. The SMILES string of the molecule is Nc1nc(N)c2nnn(C3O[C@H](CO)[C@@H](O)[C@H]3O)c2n1. The van der Waals surface area contributed by atoms with Gasteiger partial charge in [0.15, 0.2) is 23.2 Å². The maximum Gasteiger partial charge on any atom is 0.224 e. The van der Waals surface area contributed by atoms with Crippen molar-refractivity contribution in [2.45, 2.75) is 24.5 Å². The van der Waals surface area contributed by atoms with Gasteiger partial charge in [-0.3, -0.25) is 0 Å². The Morgan fingerprint density at radius 3 is 2.60 bits per heavy atom. The first-order valence-corrected chi connectivity index (χ1v) is 5.79. The standard InChI is InChI=1S/C9H13N7O4/c10-6-3-7(13-9(11)12-6)16(15-14-3)8-5(19)4(18)2(1-17)20-8/h2,4-5,8,17-19H,1H2,(H4,10,11,12,13)/t2-,4-,5-,8?/m1/s1. The van der Waals surface area contributed by atoms with E-state index in [9.17, 15) is 10.2 Å². The highest BCUT2D eigenvalue weighted by atomic mass is 16.6. The van der Waals surface area contributed by atoms with Gasteiger partial charge in [-0.15, -0.1) is 5.10 Å². The highest BCUT2D eigenvalue weighted by molar-refractivity contribution is 5.81. The average molecular weight is 283 g/mol. The lowest BCUT2D eigenvalue weighted by Gasteiger charge is -2.14. The minimum absolute atomic E-state index is 0.0468. The summed E-state index contributed by atoms with van der Waals surface area (Å²) in [6.07, 6.45) is -4.53. The molecule has 3 heterocycles. The lowest BCUT2D eigenvalue weighted by atomic mass is 10.1. The van der Waals surface area contributed by atoms with E-state index >= 15 is 0 Å². The molecule has 108 valence electrons. The molecule has 11 nitrogen and oxygen atoms in total. The number of hydrogen-bond acceptors (Lipinski definition) is 10. The Bertz CT molecular complexity index is 647. The zero-order chi connectivity index (χ0) is 14.4. The fourth-order valence-corrected chi connectivity index (χ4v) is 2.12. The molecule has 3 rings (SSSR count). The molecule has 11 heteroatoms. The molecule has 1 aliphatic heterocycles. The number of nitrogens with zero attached hydrogens (tertiary/aromatic N) is 5. The Kier molecular flexibility index (Phi) is 2.90. The number of aliphatic hydroxyl groups excluding tert-OH is 3. The van der Waals surface area contributed by atoms with Gasteiger partial charge < -0.3 is 31.5 Å². The largest absolute Gasteiger partial charge is 0.394 e. The third-order valence-corrected chi connectivity index (χ3v) is 3.13. The summed E-state index contributed by atoms with van der Waals surface area (Å²) in [7, 11) is 0. The van der Waals surface area contributed by atoms with E-state index in [0.717, 1.165) is 4.68 Å². The van der Waals surface area contributed by atoms with Crippen molar-refractivity contribution in [1.82, 2.24) is 25.0 Å². The summed E-state index contributed by atoms with van der Waals surface area (Å²) in [5, 5.41) is 36.3. The summed E-state index contributed by atoms with van der Waals surface area (Å²) in [6.45, 7) is -0.444. The van der Waals surface area contributed by atoms with E-state index < -0.39 is 31.1 Å². The zero-order valence-electron chi connectivity index (χ0n) is 10.2. The first-order chi connectivity index (χ1) is 9.52. The fourth-order valence-electron chi connectivity index (χ4n) is 2.12. The van der Waals surface area contributed by atoms with Crippen molar-refractivity contribution in [1.29, 1.82) is 0 Å². The average Bonchev–Trinajstić information content (AvgIpc) is 2.93. The van der Waals surface area contributed by atoms with Gasteiger partial charge in [0.05, 0.1) is 6.61 Å². The van der Waals surface area contributed by atoms with Crippen LogP contribution in [0.15, 0.2) is 0 Å². The first kappa shape index (κ1) is 12.9. The monoisotopic (exact) mass is 283 g/mol. The van der Waals surface area contributed by atoms with Crippen molar-refractivity contribution in [3.05, 3.63) is 0 Å². The minimum atomic E-state index is -1.30. The Labute approximate surface area is 111 Å². The molecule has 0 bridgehead atoms. The Morgan fingerprint density at radius 1 is 1.20 bits per heavy atom. The van der Waals surface area contributed by atoms with Crippen LogP contribution in [0.3, 0.4) is 0 Å². The van der Waals surface area contributed by atoms with Crippen LogP contribution in [0.2, 0.25) is 0 Å². The van der Waals surface area contributed by atoms with Gasteiger partial charge in [0.25, 0.3) is 0 Å². The number of anilines is 2. The molecule has 2 aromatic heterocycles. The molecule has 0 saturated carbocycles. The summed E-state index contributed by atoms with van der Waals surface area (Å²) in [5.41, 5.74) is 11.5. The van der Waals surface area contributed by atoms with E-state index in [4.69, 9.17) is 21.3 Å². The fraction of sp³-hybridized carbons (Fsp3) is 0.556. The van der Waals surface area contributed by atoms with Crippen LogP contribution < -0.4 is 11.5 Å². The second-order valence-electron chi connectivity index (χ2n) is 4.40. The number of hydrogen-bond donors (Lipinski definition) is 5. The van der Waals surface area contributed by atoms with Gasteiger partial charge in [0.1, 0.15) is 18.3 Å². The molecule has 20 heavy (non-hydrogen) atoms. The predicted octanol–water partition coefficient (Wildman–Crippen LogP) is -3.00. The van der Waals surface area contributed by atoms with E-state index in [2.05, 4.69) is 20.3 Å². The van der Waals surface area contributed by atoms with Gasteiger partial charge in [-0.25, -0.2) is 0 Å². The van der Waals surface area contributed by atoms with Crippen molar-refractivity contribution in [2.75, 3.05) is 18.1 Å². The van der Waals surface area contributed by atoms with E-state index in [1.165, 1.54) is 0 Å². The number of fused-ring (bicyclic) bond motifs is 1. The molecule has 1 unspecified atom stereocenters. The van der Waals surface area contributed by atoms with Gasteiger partial charge >= 0.3 is 0 Å². The van der Waals surface area contributed by atoms with E-state index in [1.54, 1.807) is 0 Å². The minimum Gasteiger partial charge on any atom is -0.394 e. The molecule has 1 saturated heterocycles. The molecule has 0 aliphatic carbocycles. The normalized spacial score (nSPS) is 30.1. The third-order valence-electron chi connectivity index (χ3n) is 3.13. The van der Waals surface area contributed by atoms with Crippen molar-refractivity contribution in [3.8, 4) is 0 Å². The van der Waals surface area contributed by atoms with Gasteiger partial charge in [0, 0.05) is 0 Å². The summed E-state index contributed by atoms with van der Waals surface area (Å²) >= 11 is 0. The van der Waals surface area contributed by atoms with Crippen LogP contribution in [0, 0.1) is 0 Å². The molecule has 0 aromatic carbocycles. The molecule has 2 aromatic rings. The van der Waals surface area contributed by atoms with Crippen LogP contribution in [-0.2, 0) is 4.74 Å². The molecular weight excluding hydrogens is 270 g/mol. The highest BCUT2D eigenvalue weighted by Gasteiger charge is 2.44. The van der Waals surface area contributed by atoms with Crippen LogP contribution in [0.5, 0.6) is 0 Å². The van der Waals surface area contributed by atoms with Crippen LogP contribution in [0.1, 0.15) is 6.23 Å². The second-order valence-corrected chi connectivity index (χ2v) is 4.40. The molecule has 0 radical (unpaired) electrons. The van der Waals surface area contributed by atoms with Crippen LogP contribution in [0.25, 0.3) is 11.2 Å². The van der Waals surface area contributed by atoms with Crippen LogP contribution >= 0.6 is 0 Å². The Morgan fingerprint density at radius 2 is 1.95 bits per heavy atom. The van der Waals surface area contributed by atoms with Gasteiger partial charge in [-0.1, -0.05) is 5.21 Å². The van der Waals surface area contributed by atoms with Gasteiger partial charge in [-0.2, -0.15) is 14.6 Å². The lowest BCUT2D eigenvalue weighted by molar-refractivity contribution is -0.0574. The number of nitrogen functional groups attached to an aromatic ring is 2. The van der Waals surface area contributed by atoms with E-state index in [-0.39, 0.29) is 22.9 Å². The Hall–Kier alpha value is -2.08. The summed E-state index contributed by atoms with van der Waals surface area (Å²) in [5.74, 6) is -0.0317. The van der Waals surface area contributed by atoms with Crippen LogP contribution in [-0.4, -0.2) is 65.2 Å². The topological polar surface area (TPSA) is 178 Å². The number of aromatic nitrogens is 5. The summed E-state index contributed by atoms with van der Waals surface area (Å²) < 4.78 is 6.48. The Balaban J connectivity index is 2.07. The first-order valence-electron chi connectivity index (χ1n) is 5.79. The predicted molar refractivity (Wildman–Crippen MR) is 65.0 cm³/mol.